The van der Waals surface area contributed by atoms with Gasteiger partial charge in [-0.3, -0.25) is 0 Å². The average Bonchev–Trinajstić information content (AvgIpc) is 2.44. The summed E-state index contributed by atoms with van der Waals surface area (Å²) in [6, 6.07) is 9.65. The highest BCUT2D eigenvalue weighted by atomic mass is 79.9. The lowest BCUT2D eigenvalue weighted by Crippen LogP contribution is -1.92. The van der Waals surface area contributed by atoms with E-state index in [2.05, 4.69) is 31.9 Å². The molecule has 0 saturated heterocycles. The zero-order chi connectivity index (χ0) is 14.7. The van der Waals surface area contributed by atoms with Gasteiger partial charge < -0.3 is 9.47 Å². The van der Waals surface area contributed by atoms with E-state index in [0.717, 1.165) is 37.3 Å². The molecule has 2 rings (SSSR count). The lowest BCUT2D eigenvalue weighted by Gasteiger charge is -2.13. The third-order valence-corrected chi connectivity index (χ3v) is 4.37. The van der Waals surface area contributed by atoms with Crippen molar-refractivity contribution in [3.8, 4) is 17.2 Å². The topological polar surface area (TPSA) is 18.5 Å². The number of ether oxygens (including phenoxy) is 2. The Morgan fingerprint density at radius 1 is 1.00 bits per heavy atom. The van der Waals surface area contributed by atoms with Gasteiger partial charge >= 0.3 is 0 Å². The van der Waals surface area contributed by atoms with Crippen LogP contribution in [0.4, 0.5) is 0 Å². The molecular weight excluding hydrogens is 407 g/mol. The average molecular weight is 421 g/mol. The fourth-order valence-corrected chi connectivity index (χ4v) is 2.83. The summed E-state index contributed by atoms with van der Waals surface area (Å²) in [5.41, 5.74) is 2.12. The lowest BCUT2D eigenvalue weighted by atomic mass is 10.1. The van der Waals surface area contributed by atoms with E-state index in [-0.39, 0.29) is 0 Å². The van der Waals surface area contributed by atoms with E-state index >= 15 is 0 Å². The van der Waals surface area contributed by atoms with E-state index in [0.29, 0.717) is 5.88 Å². The van der Waals surface area contributed by atoms with E-state index in [1.807, 2.05) is 37.3 Å². The Morgan fingerprint density at radius 2 is 1.65 bits per heavy atom. The number of rotatable bonds is 4. The van der Waals surface area contributed by atoms with Crippen molar-refractivity contribution >= 4 is 43.5 Å². The molecule has 0 aliphatic carbocycles. The molecule has 0 bridgehead atoms. The number of halogens is 3. The van der Waals surface area contributed by atoms with Crippen LogP contribution in [0.15, 0.2) is 39.3 Å². The summed E-state index contributed by atoms with van der Waals surface area (Å²) < 4.78 is 12.9. The van der Waals surface area contributed by atoms with Gasteiger partial charge in [0.15, 0.2) is 0 Å². The first-order valence-electron chi connectivity index (χ1n) is 5.91. The molecule has 0 saturated carbocycles. The van der Waals surface area contributed by atoms with Crippen molar-refractivity contribution in [2.24, 2.45) is 0 Å². The molecule has 0 heterocycles. The maximum atomic E-state index is 5.94. The molecule has 5 heteroatoms. The van der Waals surface area contributed by atoms with Crippen LogP contribution in [0, 0.1) is 6.92 Å². The molecule has 0 aliphatic heterocycles. The normalized spacial score (nSPS) is 10.4. The quantitative estimate of drug-likeness (QED) is 0.560. The van der Waals surface area contributed by atoms with Crippen molar-refractivity contribution in [1.29, 1.82) is 0 Å². The Balaban J connectivity index is 2.32. The first kappa shape index (κ1) is 15.7. The van der Waals surface area contributed by atoms with Gasteiger partial charge in [-0.2, -0.15) is 0 Å². The van der Waals surface area contributed by atoms with Gasteiger partial charge in [-0.05, 0) is 68.1 Å². The minimum absolute atomic E-state index is 0.499. The van der Waals surface area contributed by atoms with Crippen molar-refractivity contribution in [1.82, 2.24) is 0 Å². The van der Waals surface area contributed by atoms with Crippen molar-refractivity contribution in [2.75, 3.05) is 7.11 Å². The van der Waals surface area contributed by atoms with Gasteiger partial charge in [0.1, 0.15) is 17.2 Å². The fraction of sp³-hybridized carbons (Fsp3) is 0.200. The first-order chi connectivity index (χ1) is 9.55. The number of hydrogen-bond acceptors (Lipinski definition) is 2. The molecule has 0 spiro atoms. The van der Waals surface area contributed by atoms with Gasteiger partial charge in [0.2, 0.25) is 0 Å². The zero-order valence-electron chi connectivity index (χ0n) is 11.0. The predicted molar refractivity (Wildman–Crippen MR) is 89.2 cm³/mol. The Bertz CT molecular complexity index is 630. The summed E-state index contributed by atoms with van der Waals surface area (Å²) in [6.45, 7) is 2.00. The van der Waals surface area contributed by atoms with Crippen LogP contribution < -0.4 is 9.47 Å². The van der Waals surface area contributed by atoms with Crippen LogP contribution in [0.5, 0.6) is 17.2 Å². The van der Waals surface area contributed by atoms with Gasteiger partial charge in [0, 0.05) is 5.88 Å². The van der Waals surface area contributed by atoms with Crippen LogP contribution >= 0.6 is 43.5 Å². The fourth-order valence-electron chi connectivity index (χ4n) is 1.77. The van der Waals surface area contributed by atoms with Crippen LogP contribution in [0.2, 0.25) is 0 Å². The third-order valence-electron chi connectivity index (χ3n) is 2.82. The van der Waals surface area contributed by atoms with Crippen molar-refractivity contribution < 1.29 is 9.47 Å². The largest absolute Gasteiger partial charge is 0.496 e. The van der Waals surface area contributed by atoms with E-state index in [1.165, 1.54) is 0 Å². The highest BCUT2D eigenvalue weighted by molar-refractivity contribution is 9.11. The van der Waals surface area contributed by atoms with Crippen molar-refractivity contribution in [3.63, 3.8) is 0 Å². The number of alkyl halides is 1. The minimum atomic E-state index is 0.499. The maximum Gasteiger partial charge on any atom is 0.143 e. The minimum Gasteiger partial charge on any atom is -0.496 e. The monoisotopic (exact) mass is 418 g/mol. The molecule has 0 unspecified atom stereocenters. The SMILES string of the molecule is COc1cc(Br)c(Oc2ccc(CCl)cc2C)cc1Br. The summed E-state index contributed by atoms with van der Waals surface area (Å²) >= 11 is 12.8. The highest BCUT2D eigenvalue weighted by Crippen LogP contribution is 2.38. The predicted octanol–water partition coefficient (Wildman–Crippen LogP) is 6.06. The maximum absolute atomic E-state index is 5.94. The summed E-state index contributed by atoms with van der Waals surface area (Å²) in [4.78, 5) is 0. The second-order valence-corrected chi connectivity index (χ2v) is 6.23. The van der Waals surface area contributed by atoms with E-state index < -0.39 is 0 Å². The van der Waals surface area contributed by atoms with Gasteiger partial charge in [-0.25, -0.2) is 0 Å². The van der Waals surface area contributed by atoms with Crippen molar-refractivity contribution in [3.05, 3.63) is 50.4 Å². The first-order valence-corrected chi connectivity index (χ1v) is 8.03. The number of hydrogen-bond donors (Lipinski definition) is 0. The molecule has 0 fully saturated rings. The second kappa shape index (κ2) is 6.83. The van der Waals surface area contributed by atoms with Crippen LogP contribution in [0.1, 0.15) is 11.1 Å². The summed E-state index contributed by atoms with van der Waals surface area (Å²) in [6.07, 6.45) is 0. The van der Waals surface area contributed by atoms with E-state index in [9.17, 15) is 0 Å². The molecule has 0 aliphatic rings. The second-order valence-electron chi connectivity index (χ2n) is 4.25. The Hall–Kier alpha value is -0.710. The van der Waals surface area contributed by atoms with Crippen LogP contribution in [0.25, 0.3) is 0 Å². The number of methoxy groups -OCH3 is 1. The number of aryl methyl sites for hydroxylation is 1. The Labute approximate surface area is 140 Å². The molecule has 20 heavy (non-hydrogen) atoms. The van der Waals surface area contributed by atoms with E-state index in [4.69, 9.17) is 21.1 Å². The summed E-state index contributed by atoms with van der Waals surface area (Å²) in [5.74, 6) is 2.77. The van der Waals surface area contributed by atoms with Crippen LogP contribution in [-0.2, 0) is 5.88 Å². The van der Waals surface area contributed by atoms with Gasteiger partial charge in [0.25, 0.3) is 0 Å². The third kappa shape index (κ3) is 3.48. The van der Waals surface area contributed by atoms with Crippen molar-refractivity contribution in [2.45, 2.75) is 12.8 Å². The summed E-state index contributed by atoms with van der Waals surface area (Å²) in [7, 11) is 1.63. The Morgan fingerprint density at radius 3 is 2.25 bits per heavy atom. The molecule has 2 aromatic carbocycles. The van der Waals surface area contributed by atoms with Crippen LogP contribution in [0.3, 0.4) is 0 Å². The molecule has 0 N–H and O–H groups in total. The molecule has 0 radical (unpaired) electrons. The smallest absolute Gasteiger partial charge is 0.143 e. The molecule has 2 nitrogen and oxygen atoms in total. The lowest BCUT2D eigenvalue weighted by molar-refractivity contribution is 0.409. The Kier molecular flexibility index (Phi) is 5.35. The van der Waals surface area contributed by atoms with Crippen LogP contribution in [-0.4, -0.2) is 7.11 Å². The molecule has 0 aromatic heterocycles. The van der Waals surface area contributed by atoms with Gasteiger partial charge in [-0.1, -0.05) is 12.1 Å². The molecule has 0 atom stereocenters. The molecule has 106 valence electrons. The molecule has 0 amide bonds. The molecule has 2 aromatic rings. The van der Waals surface area contributed by atoms with Gasteiger partial charge in [-0.15, -0.1) is 11.6 Å². The number of benzene rings is 2. The standard InChI is InChI=1S/C15H13Br2ClO2/c1-9-5-10(8-18)3-4-13(9)20-15-7-11(16)14(19-2)6-12(15)17/h3-7H,8H2,1-2H3. The molecular formula is C15H13Br2ClO2. The summed E-state index contributed by atoms with van der Waals surface area (Å²) in [5, 5.41) is 0. The highest BCUT2D eigenvalue weighted by Gasteiger charge is 2.10. The van der Waals surface area contributed by atoms with E-state index in [1.54, 1.807) is 7.11 Å². The van der Waals surface area contributed by atoms with Gasteiger partial charge in [0.05, 0.1) is 16.1 Å². The zero-order valence-corrected chi connectivity index (χ0v) is 15.0.